The van der Waals surface area contributed by atoms with Crippen molar-refractivity contribution in [1.82, 2.24) is 14.7 Å². The summed E-state index contributed by atoms with van der Waals surface area (Å²) in [5.41, 5.74) is 5.01. The van der Waals surface area contributed by atoms with E-state index in [9.17, 15) is 24.8 Å². The van der Waals surface area contributed by atoms with E-state index in [2.05, 4.69) is 15.9 Å². The van der Waals surface area contributed by atoms with E-state index < -0.39 is 42.0 Å². The van der Waals surface area contributed by atoms with E-state index in [0.717, 1.165) is 11.1 Å². The number of benzene rings is 3. The van der Waals surface area contributed by atoms with Crippen molar-refractivity contribution in [3.8, 4) is 34.8 Å². The number of ether oxygens (including phenoxy) is 4. The molecule has 12 nitrogen and oxygen atoms in total. The highest BCUT2D eigenvalue weighted by Crippen LogP contribution is 2.58. The Morgan fingerprint density at radius 3 is 2.40 bits per heavy atom. The standard InChI is InChI=1S/C38H38N4O8/c1-6-9-28(43)50-34-19(3)35-36(49-17-48-35)30-23(34)14-25-31-29-20(12-18(2)33(47-5)32(29)44)13-24(40(31)4)26(15-39)42(25)27(30)16-41-37(45)21-10-7-8-11-22(21)38(41)46/h7-8,10-12,24-27,31,44H,6,9,13-14,16-17H2,1-5H3/t24-,25?,26?,27?,31-/m0/s1. The topological polar surface area (TPSA) is 142 Å². The molecule has 5 atom stereocenters. The third kappa shape index (κ3) is 4.39. The lowest BCUT2D eigenvalue weighted by atomic mass is 9.71. The van der Waals surface area contributed by atoms with Crippen molar-refractivity contribution in [1.29, 1.82) is 5.26 Å². The molecule has 0 radical (unpaired) electrons. The summed E-state index contributed by atoms with van der Waals surface area (Å²) in [5.74, 6) is 0.437. The largest absolute Gasteiger partial charge is 0.504 e. The number of hydrogen-bond acceptors (Lipinski definition) is 11. The maximum atomic E-state index is 13.9. The number of carbonyl (C=O) groups excluding carboxylic acids is 3. The second kappa shape index (κ2) is 11.7. The van der Waals surface area contributed by atoms with Gasteiger partial charge in [-0.25, -0.2) is 0 Å². The van der Waals surface area contributed by atoms with Gasteiger partial charge in [-0.3, -0.25) is 29.1 Å². The minimum atomic E-state index is -0.745. The number of nitrogens with zero attached hydrogens (tertiary/aromatic N) is 4. The molecule has 0 spiro atoms. The van der Waals surface area contributed by atoms with Crippen molar-refractivity contribution < 1.29 is 38.4 Å². The molecule has 5 aliphatic heterocycles. The first kappa shape index (κ1) is 32.1. The molecule has 0 saturated carbocycles. The molecular formula is C38H38N4O8. The first-order valence-electron chi connectivity index (χ1n) is 17.0. The van der Waals surface area contributed by atoms with Gasteiger partial charge in [0, 0.05) is 47.3 Å². The first-order chi connectivity index (χ1) is 24.1. The molecule has 8 rings (SSSR count). The minimum Gasteiger partial charge on any atom is -0.504 e. The highest BCUT2D eigenvalue weighted by atomic mass is 16.7. The number of nitriles is 1. The van der Waals surface area contributed by atoms with Gasteiger partial charge in [0.05, 0.1) is 36.4 Å². The quantitative estimate of drug-likeness (QED) is 0.224. The van der Waals surface area contributed by atoms with Gasteiger partial charge < -0.3 is 24.1 Å². The Hall–Kier alpha value is -5.12. The number of carbonyl (C=O) groups is 3. The van der Waals surface area contributed by atoms with Crippen LogP contribution in [0, 0.1) is 25.2 Å². The Morgan fingerprint density at radius 2 is 1.74 bits per heavy atom. The van der Waals surface area contributed by atoms with E-state index in [1.165, 1.54) is 12.0 Å². The number of imide groups is 1. The zero-order chi connectivity index (χ0) is 35.2. The van der Waals surface area contributed by atoms with Crippen molar-refractivity contribution in [2.45, 2.75) is 76.7 Å². The summed E-state index contributed by atoms with van der Waals surface area (Å²) in [5, 5.41) is 22.8. The summed E-state index contributed by atoms with van der Waals surface area (Å²) in [7, 11) is 3.49. The summed E-state index contributed by atoms with van der Waals surface area (Å²) in [4.78, 5) is 46.4. The lowest BCUT2D eigenvalue weighted by Crippen LogP contribution is -2.68. The molecule has 0 aromatic heterocycles. The number of rotatable bonds is 6. The van der Waals surface area contributed by atoms with Crippen LogP contribution in [0.1, 0.15) is 85.9 Å². The monoisotopic (exact) mass is 678 g/mol. The van der Waals surface area contributed by atoms with Gasteiger partial charge in [0.1, 0.15) is 11.8 Å². The van der Waals surface area contributed by atoms with Gasteiger partial charge in [0.2, 0.25) is 6.79 Å². The third-order valence-electron chi connectivity index (χ3n) is 11.2. The molecule has 2 bridgehead atoms. The maximum absolute atomic E-state index is 13.9. The normalized spacial score (nSPS) is 24.6. The van der Waals surface area contributed by atoms with Gasteiger partial charge in [-0.2, -0.15) is 5.26 Å². The molecule has 12 heteroatoms. The average molecular weight is 679 g/mol. The van der Waals surface area contributed by atoms with Crippen LogP contribution in [0.4, 0.5) is 0 Å². The van der Waals surface area contributed by atoms with E-state index in [0.29, 0.717) is 75.6 Å². The molecule has 258 valence electrons. The molecule has 1 fully saturated rings. The molecule has 1 saturated heterocycles. The Labute approximate surface area is 289 Å². The van der Waals surface area contributed by atoms with Crippen molar-refractivity contribution in [2.75, 3.05) is 27.5 Å². The second-order valence-electron chi connectivity index (χ2n) is 13.7. The zero-order valence-corrected chi connectivity index (χ0v) is 28.6. The molecule has 50 heavy (non-hydrogen) atoms. The van der Waals surface area contributed by atoms with Crippen molar-refractivity contribution >= 4 is 17.8 Å². The maximum Gasteiger partial charge on any atom is 0.311 e. The number of piperazine rings is 1. The fourth-order valence-electron chi connectivity index (χ4n) is 9.09. The summed E-state index contributed by atoms with van der Waals surface area (Å²) in [6.07, 6.45) is 1.61. The minimum absolute atomic E-state index is 0.0484. The Balaban J connectivity index is 1.37. The fourth-order valence-corrected chi connectivity index (χ4v) is 9.09. The molecular weight excluding hydrogens is 640 g/mol. The van der Waals surface area contributed by atoms with E-state index in [1.807, 2.05) is 33.9 Å². The van der Waals surface area contributed by atoms with Gasteiger partial charge in [0.25, 0.3) is 11.8 Å². The number of aromatic hydroxyl groups is 1. The number of esters is 1. The summed E-state index contributed by atoms with van der Waals surface area (Å²) in [6.45, 7) is 5.46. The van der Waals surface area contributed by atoms with Crippen LogP contribution in [0.2, 0.25) is 0 Å². The van der Waals surface area contributed by atoms with Crippen molar-refractivity contribution in [2.24, 2.45) is 0 Å². The number of phenols is 1. The third-order valence-corrected chi connectivity index (χ3v) is 11.2. The van der Waals surface area contributed by atoms with Crippen molar-refractivity contribution in [3.05, 3.63) is 74.8 Å². The fraction of sp³-hybridized carbons (Fsp3) is 0.421. The summed E-state index contributed by atoms with van der Waals surface area (Å²) < 4.78 is 23.9. The predicted molar refractivity (Wildman–Crippen MR) is 179 cm³/mol. The number of phenolic OH excluding ortho intramolecular Hbond substituents is 1. The van der Waals surface area contributed by atoms with Gasteiger partial charge in [-0.05, 0) is 63.4 Å². The van der Waals surface area contributed by atoms with Crippen LogP contribution in [0.3, 0.4) is 0 Å². The molecule has 0 aliphatic carbocycles. The SMILES string of the molecule is CCCC(=O)Oc1c(C)c2c(c3c1CC1[C@H]4c5c(cc(C)c(OC)c5O)C[C@@H](C(C#N)N1C3CN1C(=O)c3ccccc3C1=O)N4C)OCO2. The molecule has 3 aromatic rings. The summed E-state index contributed by atoms with van der Waals surface area (Å²) in [6, 6.07) is 8.75. The number of methoxy groups -OCH3 is 1. The summed E-state index contributed by atoms with van der Waals surface area (Å²) >= 11 is 0. The van der Waals surface area contributed by atoms with Crippen LogP contribution in [0.5, 0.6) is 28.7 Å². The smallest absolute Gasteiger partial charge is 0.311 e. The van der Waals surface area contributed by atoms with Crippen LogP contribution in [-0.2, 0) is 17.6 Å². The molecule has 1 N–H and O–H groups in total. The Kier molecular flexibility index (Phi) is 7.54. The highest BCUT2D eigenvalue weighted by molar-refractivity contribution is 6.21. The molecule has 3 aromatic carbocycles. The van der Waals surface area contributed by atoms with Crippen LogP contribution >= 0.6 is 0 Å². The highest BCUT2D eigenvalue weighted by Gasteiger charge is 2.57. The molecule has 2 amide bonds. The Morgan fingerprint density at radius 1 is 1.04 bits per heavy atom. The zero-order valence-electron chi connectivity index (χ0n) is 28.6. The molecule has 5 heterocycles. The Bertz CT molecular complexity index is 2000. The van der Waals surface area contributed by atoms with Crippen LogP contribution in [0.15, 0.2) is 30.3 Å². The molecule has 5 aliphatic rings. The number of likely N-dealkylation sites (N-methyl/N-ethyl adjacent to an activating group) is 1. The number of fused-ring (bicyclic) bond motifs is 10. The van der Waals surface area contributed by atoms with E-state index in [4.69, 9.17) is 18.9 Å². The number of amides is 2. The van der Waals surface area contributed by atoms with Gasteiger partial charge >= 0.3 is 5.97 Å². The first-order valence-corrected chi connectivity index (χ1v) is 17.0. The van der Waals surface area contributed by atoms with E-state index in [-0.39, 0.29) is 31.5 Å². The van der Waals surface area contributed by atoms with Gasteiger partial charge in [-0.1, -0.05) is 25.1 Å². The van der Waals surface area contributed by atoms with Crippen LogP contribution < -0.4 is 18.9 Å². The predicted octanol–water partition coefficient (Wildman–Crippen LogP) is 4.52. The van der Waals surface area contributed by atoms with Gasteiger partial charge in [0.15, 0.2) is 23.0 Å². The molecule has 3 unspecified atom stereocenters. The second-order valence-corrected chi connectivity index (χ2v) is 13.7. The lowest BCUT2D eigenvalue weighted by Gasteiger charge is -2.60. The van der Waals surface area contributed by atoms with Crippen LogP contribution in [-0.4, -0.2) is 83.2 Å². The van der Waals surface area contributed by atoms with Crippen molar-refractivity contribution in [3.63, 3.8) is 0 Å². The van der Waals surface area contributed by atoms with Crippen LogP contribution in [0.25, 0.3) is 0 Å². The average Bonchev–Trinajstić information content (AvgIpc) is 3.67. The number of aryl methyl sites for hydroxylation is 1. The van der Waals surface area contributed by atoms with Gasteiger partial charge in [-0.15, -0.1) is 0 Å². The number of hydrogen-bond donors (Lipinski definition) is 1. The van der Waals surface area contributed by atoms with E-state index >= 15 is 0 Å². The lowest BCUT2D eigenvalue weighted by molar-refractivity contribution is -0.134. The van der Waals surface area contributed by atoms with E-state index in [1.54, 1.807) is 24.3 Å².